The zero-order valence-electron chi connectivity index (χ0n) is 21.7. The fourth-order valence-electron chi connectivity index (χ4n) is 5.11. The molecule has 8 heteroatoms. The molecule has 2 aliphatic heterocycles. The normalized spacial score (nSPS) is 26.2. The van der Waals surface area contributed by atoms with Gasteiger partial charge in [-0.05, 0) is 58.9 Å². The highest BCUT2D eigenvalue weighted by Gasteiger charge is 2.40. The van der Waals surface area contributed by atoms with Crippen LogP contribution in [0.4, 0.5) is 9.59 Å². The highest BCUT2D eigenvalue weighted by atomic mass is 16.6. The van der Waals surface area contributed by atoms with E-state index in [2.05, 4.69) is 11.8 Å². The van der Waals surface area contributed by atoms with E-state index in [4.69, 9.17) is 14.2 Å². The molecule has 1 aromatic rings. The second kappa shape index (κ2) is 11.2. The number of amides is 2. The van der Waals surface area contributed by atoms with Crippen molar-refractivity contribution in [3.8, 4) is 0 Å². The first-order valence-corrected chi connectivity index (χ1v) is 13.0. The van der Waals surface area contributed by atoms with Gasteiger partial charge in [-0.3, -0.25) is 4.90 Å². The zero-order chi connectivity index (χ0) is 25.0. The van der Waals surface area contributed by atoms with E-state index < -0.39 is 5.60 Å². The first kappa shape index (κ1) is 25.8. The monoisotopic (exact) mass is 487 g/mol. The van der Waals surface area contributed by atoms with E-state index >= 15 is 0 Å². The van der Waals surface area contributed by atoms with Crippen LogP contribution in [0.1, 0.15) is 58.9 Å². The second-order valence-corrected chi connectivity index (χ2v) is 11.1. The van der Waals surface area contributed by atoms with Crippen molar-refractivity contribution in [2.75, 3.05) is 32.7 Å². The highest BCUT2D eigenvalue weighted by molar-refractivity contribution is 5.68. The number of piperazine rings is 1. The summed E-state index contributed by atoms with van der Waals surface area (Å²) in [7, 11) is 0. The standard InChI is InChI=1S/C27H41N3O5/c1-20-18-29(14-15-30(20)26(32)33-19-21-8-6-5-7-9-21)22-16-24(17-22)34-23-10-12-28(13-11-23)25(31)35-27(2,3)4/h5-9,20,22-24H,10-19H2,1-4H3. The molecule has 0 radical (unpaired) electrons. The van der Waals surface area contributed by atoms with Crippen LogP contribution in [0.5, 0.6) is 0 Å². The number of rotatable bonds is 5. The maximum absolute atomic E-state index is 12.6. The number of likely N-dealkylation sites (tertiary alicyclic amines) is 1. The summed E-state index contributed by atoms with van der Waals surface area (Å²) in [5, 5.41) is 0. The van der Waals surface area contributed by atoms with Crippen molar-refractivity contribution >= 4 is 12.2 Å². The first-order valence-electron chi connectivity index (χ1n) is 13.0. The third kappa shape index (κ3) is 7.10. The number of nitrogens with zero attached hydrogens (tertiary/aromatic N) is 3. The summed E-state index contributed by atoms with van der Waals surface area (Å²) in [6, 6.07) is 10.4. The molecule has 0 aromatic heterocycles. The summed E-state index contributed by atoms with van der Waals surface area (Å²) in [5.74, 6) is 0. The van der Waals surface area contributed by atoms with Crippen molar-refractivity contribution in [3.63, 3.8) is 0 Å². The Kier molecular flexibility index (Phi) is 8.22. The van der Waals surface area contributed by atoms with E-state index in [9.17, 15) is 9.59 Å². The van der Waals surface area contributed by atoms with Gasteiger partial charge >= 0.3 is 12.2 Å². The van der Waals surface area contributed by atoms with Crippen LogP contribution in [-0.2, 0) is 20.8 Å². The van der Waals surface area contributed by atoms with Crippen molar-refractivity contribution in [1.29, 1.82) is 0 Å². The summed E-state index contributed by atoms with van der Waals surface area (Å²) < 4.78 is 17.4. The molecule has 1 aliphatic carbocycles. The molecule has 2 heterocycles. The molecule has 0 N–H and O–H groups in total. The summed E-state index contributed by atoms with van der Waals surface area (Å²) >= 11 is 0. The van der Waals surface area contributed by atoms with Crippen molar-refractivity contribution in [3.05, 3.63) is 35.9 Å². The van der Waals surface area contributed by atoms with Gasteiger partial charge in [0, 0.05) is 44.8 Å². The number of carbonyl (C=O) groups is 2. The van der Waals surface area contributed by atoms with Gasteiger partial charge in [0.25, 0.3) is 0 Å². The highest BCUT2D eigenvalue weighted by Crippen LogP contribution is 2.32. The number of benzene rings is 1. The van der Waals surface area contributed by atoms with Crippen LogP contribution in [0.25, 0.3) is 0 Å². The SMILES string of the molecule is CC1CN(C2CC(OC3CCN(C(=O)OC(C)(C)C)CC3)C2)CCN1C(=O)OCc1ccccc1. The van der Waals surface area contributed by atoms with Crippen LogP contribution < -0.4 is 0 Å². The van der Waals surface area contributed by atoms with E-state index in [1.54, 1.807) is 4.90 Å². The Hall–Kier alpha value is -2.32. The average Bonchev–Trinajstić information content (AvgIpc) is 2.79. The summed E-state index contributed by atoms with van der Waals surface area (Å²) in [6.07, 6.45) is 3.86. The van der Waals surface area contributed by atoms with Crippen molar-refractivity contribution < 1.29 is 23.8 Å². The fourth-order valence-corrected chi connectivity index (χ4v) is 5.11. The minimum absolute atomic E-state index is 0.129. The van der Waals surface area contributed by atoms with Crippen molar-refractivity contribution in [2.45, 2.75) is 89.9 Å². The third-order valence-corrected chi connectivity index (χ3v) is 7.16. The van der Waals surface area contributed by atoms with Crippen molar-refractivity contribution in [2.24, 2.45) is 0 Å². The molecule has 2 amide bonds. The molecule has 8 nitrogen and oxygen atoms in total. The minimum atomic E-state index is -0.461. The molecule has 0 spiro atoms. The second-order valence-electron chi connectivity index (χ2n) is 11.1. The van der Waals surface area contributed by atoms with Crippen LogP contribution in [0.2, 0.25) is 0 Å². The molecular formula is C27H41N3O5. The molecule has 3 aliphatic rings. The molecule has 3 fully saturated rings. The smallest absolute Gasteiger partial charge is 0.410 e. The lowest BCUT2D eigenvalue weighted by molar-refractivity contribution is -0.109. The van der Waals surface area contributed by atoms with Crippen LogP contribution in [0, 0.1) is 0 Å². The lowest BCUT2D eigenvalue weighted by Gasteiger charge is -2.49. The van der Waals surface area contributed by atoms with Crippen LogP contribution in [0.3, 0.4) is 0 Å². The molecule has 2 saturated heterocycles. The van der Waals surface area contributed by atoms with Crippen LogP contribution >= 0.6 is 0 Å². The zero-order valence-corrected chi connectivity index (χ0v) is 21.7. The minimum Gasteiger partial charge on any atom is -0.445 e. The molecule has 194 valence electrons. The van der Waals surface area contributed by atoms with E-state index in [1.807, 2.05) is 56.0 Å². The Morgan fingerprint density at radius 2 is 1.63 bits per heavy atom. The van der Waals surface area contributed by atoms with Crippen LogP contribution in [0.15, 0.2) is 30.3 Å². The Labute approximate surface area is 209 Å². The molecule has 1 unspecified atom stereocenters. The number of hydrogen-bond acceptors (Lipinski definition) is 6. The lowest BCUT2D eigenvalue weighted by atomic mass is 9.86. The van der Waals surface area contributed by atoms with E-state index in [0.717, 1.165) is 44.3 Å². The van der Waals surface area contributed by atoms with Gasteiger partial charge in [-0.2, -0.15) is 0 Å². The van der Waals surface area contributed by atoms with E-state index in [1.165, 1.54) is 0 Å². The number of hydrogen-bond donors (Lipinski definition) is 0. The molecular weight excluding hydrogens is 446 g/mol. The van der Waals surface area contributed by atoms with Crippen molar-refractivity contribution in [1.82, 2.24) is 14.7 Å². The molecule has 1 aromatic carbocycles. The summed E-state index contributed by atoms with van der Waals surface area (Å²) in [5.41, 5.74) is 0.541. The molecule has 0 bridgehead atoms. The summed E-state index contributed by atoms with van der Waals surface area (Å²) in [6.45, 7) is 11.9. The Morgan fingerprint density at radius 3 is 2.26 bits per heavy atom. The third-order valence-electron chi connectivity index (χ3n) is 7.16. The predicted octanol–water partition coefficient (Wildman–Crippen LogP) is 4.28. The number of piperidine rings is 1. The molecule has 4 rings (SSSR count). The Bertz CT molecular complexity index is 844. The van der Waals surface area contributed by atoms with Gasteiger partial charge in [-0.15, -0.1) is 0 Å². The van der Waals surface area contributed by atoms with Gasteiger partial charge in [0.2, 0.25) is 0 Å². The van der Waals surface area contributed by atoms with Gasteiger partial charge in [-0.1, -0.05) is 30.3 Å². The Morgan fingerprint density at radius 1 is 0.943 bits per heavy atom. The maximum atomic E-state index is 12.6. The van der Waals surface area contributed by atoms with Gasteiger partial charge in [-0.25, -0.2) is 9.59 Å². The largest absolute Gasteiger partial charge is 0.445 e. The molecule has 1 atom stereocenters. The average molecular weight is 488 g/mol. The lowest BCUT2D eigenvalue weighted by Crippen LogP contribution is -2.60. The Balaban J connectivity index is 1.12. The quantitative estimate of drug-likeness (QED) is 0.618. The van der Waals surface area contributed by atoms with Gasteiger partial charge in [0.1, 0.15) is 12.2 Å². The fraction of sp³-hybridized carbons (Fsp3) is 0.704. The van der Waals surface area contributed by atoms with E-state index in [-0.39, 0.29) is 24.3 Å². The van der Waals surface area contributed by atoms with E-state index in [0.29, 0.717) is 38.4 Å². The van der Waals surface area contributed by atoms with Gasteiger partial charge < -0.3 is 24.0 Å². The topological polar surface area (TPSA) is 71.6 Å². The number of ether oxygens (including phenoxy) is 3. The molecule has 1 saturated carbocycles. The number of carbonyl (C=O) groups excluding carboxylic acids is 2. The molecule has 35 heavy (non-hydrogen) atoms. The summed E-state index contributed by atoms with van der Waals surface area (Å²) in [4.78, 5) is 31.0. The predicted molar refractivity (Wildman–Crippen MR) is 133 cm³/mol. The van der Waals surface area contributed by atoms with Crippen LogP contribution in [-0.4, -0.2) is 89.5 Å². The maximum Gasteiger partial charge on any atom is 0.410 e. The van der Waals surface area contributed by atoms with Gasteiger partial charge in [0.05, 0.1) is 12.2 Å². The first-order chi connectivity index (χ1) is 16.7. The van der Waals surface area contributed by atoms with Gasteiger partial charge in [0.15, 0.2) is 0 Å².